The quantitative estimate of drug-likeness (QED) is 0.823. The summed E-state index contributed by atoms with van der Waals surface area (Å²) < 4.78 is 60.7. The molecule has 2 aromatic rings. The molecule has 2 rings (SSSR count). The fourth-order valence-corrected chi connectivity index (χ4v) is 1.95. The van der Waals surface area contributed by atoms with Gasteiger partial charge in [-0.3, -0.25) is 13.9 Å². The summed E-state index contributed by atoms with van der Waals surface area (Å²) in [5.41, 5.74) is -2.32. The molecular formula is C13H19FN4O2. The Labute approximate surface area is 123 Å². The number of imidazole rings is 1. The van der Waals surface area contributed by atoms with Crippen LogP contribution in [0.4, 0.5) is 4.39 Å². The topological polar surface area (TPSA) is 61.8 Å². The smallest absolute Gasteiger partial charge is 0.328 e. The number of alkyl halides is 1. The number of fused-ring (bicyclic) bond motifs is 1. The van der Waals surface area contributed by atoms with Gasteiger partial charge in [0.05, 0.1) is 12.5 Å². The zero-order chi connectivity index (χ0) is 20.0. The zero-order valence-electron chi connectivity index (χ0n) is 17.2. The fraction of sp³-hybridized carbons (Fsp3) is 0.615. The molecule has 7 heteroatoms. The summed E-state index contributed by atoms with van der Waals surface area (Å²) in [4.78, 5) is 28.7. The summed E-state index contributed by atoms with van der Waals surface area (Å²) in [6, 6.07) is 0. The number of nitrogens with zero attached hydrogens (tertiary/aromatic N) is 4. The number of hydrogen-bond acceptors (Lipinski definition) is 3. The highest BCUT2D eigenvalue weighted by molar-refractivity contribution is 5.69. The van der Waals surface area contributed by atoms with Gasteiger partial charge in [-0.15, -0.1) is 0 Å². The molecule has 0 fully saturated rings. The Bertz CT molecular complexity index is 943. The van der Waals surface area contributed by atoms with Crippen LogP contribution >= 0.6 is 0 Å². The molecule has 0 saturated heterocycles. The predicted molar refractivity (Wildman–Crippen MR) is 74.6 cm³/mol. The molecular weight excluding hydrogens is 263 g/mol. The van der Waals surface area contributed by atoms with Gasteiger partial charge in [0.2, 0.25) is 0 Å². The lowest BCUT2D eigenvalue weighted by Gasteiger charge is -2.08. The first-order chi connectivity index (χ1) is 11.8. The van der Waals surface area contributed by atoms with Crippen molar-refractivity contribution in [2.75, 3.05) is 0 Å². The molecule has 6 nitrogen and oxygen atoms in total. The highest BCUT2D eigenvalue weighted by Gasteiger charge is 2.14. The number of rotatable bonds is 5. The van der Waals surface area contributed by atoms with E-state index in [-0.39, 0.29) is 25.0 Å². The molecule has 1 atom stereocenters. The maximum Gasteiger partial charge on any atom is 0.332 e. The molecule has 0 amide bonds. The Hall–Kier alpha value is -1.92. The second kappa shape index (κ2) is 5.60. The van der Waals surface area contributed by atoms with E-state index in [0.29, 0.717) is 4.57 Å². The summed E-state index contributed by atoms with van der Waals surface area (Å²) in [7, 11) is 1.29. The standard InChI is InChI=1S/C13H19FN4O2/c1-9(14)6-4-5-7-18-12(19)10-11(15-8-16(10)2)17(3)13(18)20/h8-9H,4-7H2,1-3H3/t9-/m1/s1/i2D3,6D2,8D. The summed E-state index contributed by atoms with van der Waals surface area (Å²) >= 11 is 0. The van der Waals surface area contributed by atoms with Crippen molar-refractivity contribution in [3.05, 3.63) is 27.1 Å². The Balaban J connectivity index is 2.55. The van der Waals surface area contributed by atoms with Gasteiger partial charge in [0.25, 0.3) is 5.56 Å². The van der Waals surface area contributed by atoms with Crippen LogP contribution in [0, 0.1) is 0 Å². The monoisotopic (exact) mass is 288 g/mol. The maximum atomic E-state index is 13.2. The van der Waals surface area contributed by atoms with E-state index in [4.69, 9.17) is 8.22 Å². The Morgan fingerprint density at radius 3 is 2.95 bits per heavy atom. The van der Waals surface area contributed by atoms with E-state index < -0.39 is 42.6 Å². The summed E-state index contributed by atoms with van der Waals surface area (Å²) in [5.74, 6) is 0. The van der Waals surface area contributed by atoms with Crippen molar-refractivity contribution in [1.29, 1.82) is 0 Å². The van der Waals surface area contributed by atoms with Crippen LogP contribution in [-0.2, 0) is 20.6 Å². The molecule has 20 heavy (non-hydrogen) atoms. The van der Waals surface area contributed by atoms with Crippen molar-refractivity contribution in [1.82, 2.24) is 18.7 Å². The van der Waals surface area contributed by atoms with E-state index in [0.717, 1.165) is 16.1 Å². The van der Waals surface area contributed by atoms with Crippen LogP contribution < -0.4 is 11.2 Å². The first-order valence-electron chi connectivity index (χ1n) is 9.12. The van der Waals surface area contributed by atoms with Gasteiger partial charge in [0.15, 0.2) is 11.2 Å². The van der Waals surface area contributed by atoms with Crippen molar-refractivity contribution in [3.63, 3.8) is 0 Å². The van der Waals surface area contributed by atoms with E-state index in [2.05, 4.69) is 4.98 Å². The first kappa shape index (κ1) is 8.39. The van der Waals surface area contributed by atoms with Gasteiger partial charge in [-0.05, 0) is 26.1 Å². The van der Waals surface area contributed by atoms with Gasteiger partial charge in [0.1, 0.15) is 1.37 Å². The van der Waals surface area contributed by atoms with Gasteiger partial charge in [0, 0.05) is 27.4 Å². The molecule has 0 aliphatic carbocycles. The minimum Gasteiger partial charge on any atom is -0.328 e. The number of aryl methyl sites for hydroxylation is 2. The van der Waals surface area contributed by atoms with Gasteiger partial charge in [-0.2, -0.15) is 0 Å². The lowest BCUT2D eigenvalue weighted by atomic mass is 10.2. The zero-order valence-corrected chi connectivity index (χ0v) is 11.2. The number of halogens is 1. The van der Waals surface area contributed by atoms with E-state index in [1.54, 1.807) is 0 Å². The molecule has 0 aliphatic rings. The van der Waals surface area contributed by atoms with Crippen LogP contribution in [0.1, 0.15) is 34.4 Å². The van der Waals surface area contributed by atoms with Crippen molar-refractivity contribution >= 4 is 11.2 Å². The van der Waals surface area contributed by atoms with Gasteiger partial charge >= 0.3 is 5.69 Å². The second-order valence-corrected chi connectivity index (χ2v) is 4.44. The van der Waals surface area contributed by atoms with Gasteiger partial charge < -0.3 is 4.57 Å². The van der Waals surface area contributed by atoms with Gasteiger partial charge in [-0.1, -0.05) is 0 Å². The van der Waals surface area contributed by atoms with Crippen LogP contribution in [0.25, 0.3) is 11.2 Å². The molecule has 2 heterocycles. The summed E-state index contributed by atoms with van der Waals surface area (Å²) in [5, 5.41) is 0. The molecule has 0 aromatic carbocycles. The Morgan fingerprint density at radius 2 is 2.30 bits per heavy atom. The summed E-state index contributed by atoms with van der Waals surface area (Å²) in [6.07, 6.45) is -4.72. The van der Waals surface area contributed by atoms with E-state index in [1.165, 1.54) is 7.05 Å². The van der Waals surface area contributed by atoms with E-state index >= 15 is 0 Å². The Morgan fingerprint density at radius 1 is 1.55 bits per heavy atom. The molecule has 0 radical (unpaired) electrons. The number of aromatic nitrogens is 4. The minimum absolute atomic E-state index is 0.00243. The van der Waals surface area contributed by atoms with Crippen molar-refractivity contribution in [3.8, 4) is 0 Å². The van der Waals surface area contributed by atoms with Crippen molar-refractivity contribution in [2.24, 2.45) is 14.0 Å². The molecule has 0 aliphatic heterocycles. The fourth-order valence-electron chi connectivity index (χ4n) is 1.95. The maximum absolute atomic E-state index is 13.2. The summed E-state index contributed by atoms with van der Waals surface area (Å²) in [6.45, 7) is -1.96. The van der Waals surface area contributed by atoms with Gasteiger partial charge in [-0.25, -0.2) is 14.2 Å². The Kier molecular flexibility index (Phi) is 2.35. The normalized spacial score (nSPS) is 18.8. The van der Waals surface area contributed by atoms with Crippen LogP contribution in [0.15, 0.2) is 15.9 Å². The highest BCUT2D eigenvalue weighted by atomic mass is 19.1. The second-order valence-electron chi connectivity index (χ2n) is 4.44. The lowest BCUT2D eigenvalue weighted by molar-refractivity contribution is 0.328. The van der Waals surface area contributed by atoms with Crippen LogP contribution in [0.2, 0.25) is 0 Å². The lowest BCUT2D eigenvalue weighted by Crippen LogP contribution is -2.39. The molecule has 2 aromatic heterocycles. The highest BCUT2D eigenvalue weighted by Crippen LogP contribution is 2.06. The largest absolute Gasteiger partial charge is 0.332 e. The molecule has 0 spiro atoms. The van der Waals surface area contributed by atoms with Crippen LogP contribution in [0.3, 0.4) is 0 Å². The first-order valence-corrected chi connectivity index (χ1v) is 6.12. The molecule has 0 N–H and O–H groups in total. The third-order valence-electron chi connectivity index (χ3n) is 2.96. The molecule has 0 saturated carbocycles. The minimum atomic E-state index is -2.83. The number of hydrogen-bond donors (Lipinski definition) is 0. The third-order valence-corrected chi connectivity index (χ3v) is 2.96. The third kappa shape index (κ3) is 2.52. The molecule has 0 unspecified atom stereocenters. The predicted octanol–water partition coefficient (Wildman–Crippen LogP) is 0.962. The molecule has 110 valence electrons. The average molecular weight is 288 g/mol. The molecule has 0 bridgehead atoms. The van der Waals surface area contributed by atoms with E-state index in [9.17, 15) is 14.0 Å². The SMILES string of the molecule is [2H]c1nc2c(c(=O)n(CCCC([2H])([2H])[C@@H](C)F)c(=O)n2C)n1C([2H])([2H])[2H]. The van der Waals surface area contributed by atoms with Crippen LogP contribution in [0.5, 0.6) is 0 Å². The average Bonchev–Trinajstić information content (AvgIpc) is 2.86. The van der Waals surface area contributed by atoms with Crippen molar-refractivity contribution in [2.45, 2.75) is 38.9 Å². The van der Waals surface area contributed by atoms with E-state index in [1.807, 2.05) is 0 Å². The van der Waals surface area contributed by atoms with Crippen LogP contribution in [-0.4, -0.2) is 24.9 Å². The van der Waals surface area contributed by atoms with Crippen molar-refractivity contribution < 1.29 is 12.6 Å².